The van der Waals surface area contributed by atoms with Crippen molar-refractivity contribution in [2.24, 2.45) is 0 Å². The number of halogens is 1. The maximum atomic E-state index is 6.51. The van der Waals surface area contributed by atoms with Crippen LogP contribution in [0.25, 0.3) is 27.8 Å². The normalized spacial score (nSPS) is 14.3. The van der Waals surface area contributed by atoms with Crippen LogP contribution in [0.5, 0.6) is 17.4 Å². The second-order valence-corrected chi connectivity index (χ2v) is 9.51. The summed E-state index contributed by atoms with van der Waals surface area (Å²) in [6, 6.07) is 28.6. The highest BCUT2D eigenvalue weighted by Crippen LogP contribution is 2.50. The molecular formula is C29H19BrN4O2. The van der Waals surface area contributed by atoms with Crippen LogP contribution in [-0.2, 0) is 0 Å². The molecule has 0 fully saturated rings. The molecule has 0 aliphatic carbocycles. The number of hydrogen-bond donors (Lipinski definition) is 0. The highest BCUT2D eigenvalue weighted by Gasteiger charge is 2.34. The first-order chi connectivity index (χ1) is 17.7. The van der Waals surface area contributed by atoms with Gasteiger partial charge in [-0.05, 0) is 35.2 Å². The molecule has 0 N–H and O–H groups in total. The van der Waals surface area contributed by atoms with Gasteiger partial charge in [-0.2, -0.15) is 0 Å². The molecule has 174 valence electrons. The second kappa shape index (κ2) is 8.17. The number of rotatable bonds is 3. The largest absolute Gasteiger partial charge is 0.497 e. The Morgan fingerprint density at radius 2 is 1.72 bits per heavy atom. The van der Waals surface area contributed by atoms with Gasteiger partial charge < -0.3 is 9.47 Å². The van der Waals surface area contributed by atoms with E-state index in [4.69, 9.17) is 24.5 Å². The molecule has 2 aromatic heterocycles. The standard InChI is InChI=1S/C29H19BrN4O2/c1-35-19-13-10-18(11-14-19)24-22-15-12-17-6-2-3-7-20(17)26(22)36-29-25(24)28-32-27(33-34(28)16-31-29)21-8-4-5-9-23(21)30/h2-16,24H,1H3. The van der Waals surface area contributed by atoms with E-state index < -0.39 is 0 Å². The molecule has 1 atom stereocenters. The van der Waals surface area contributed by atoms with Crippen LogP contribution in [0.2, 0.25) is 0 Å². The fourth-order valence-corrected chi connectivity index (χ4v) is 5.41. The summed E-state index contributed by atoms with van der Waals surface area (Å²) in [4.78, 5) is 9.67. The molecule has 0 amide bonds. The minimum absolute atomic E-state index is 0.147. The Kier molecular flexibility index (Phi) is 4.79. The minimum Gasteiger partial charge on any atom is -0.497 e. The number of nitrogens with zero attached hydrogens (tertiary/aromatic N) is 4. The van der Waals surface area contributed by atoms with Crippen LogP contribution < -0.4 is 9.47 Å². The molecule has 36 heavy (non-hydrogen) atoms. The third kappa shape index (κ3) is 3.20. The predicted molar refractivity (Wildman–Crippen MR) is 142 cm³/mol. The van der Waals surface area contributed by atoms with E-state index >= 15 is 0 Å². The lowest BCUT2D eigenvalue weighted by atomic mass is 9.83. The summed E-state index contributed by atoms with van der Waals surface area (Å²) in [7, 11) is 1.67. The molecule has 7 rings (SSSR count). The highest BCUT2D eigenvalue weighted by molar-refractivity contribution is 9.10. The Bertz CT molecular complexity index is 1780. The molecule has 7 heteroatoms. The van der Waals surface area contributed by atoms with E-state index in [1.165, 1.54) is 0 Å². The summed E-state index contributed by atoms with van der Waals surface area (Å²) >= 11 is 3.63. The van der Waals surface area contributed by atoms with E-state index in [1.807, 2.05) is 48.5 Å². The first kappa shape index (κ1) is 21.1. The minimum atomic E-state index is -0.147. The third-order valence-corrected chi connectivity index (χ3v) is 7.35. The zero-order valence-corrected chi connectivity index (χ0v) is 20.8. The van der Waals surface area contributed by atoms with E-state index in [1.54, 1.807) is 18.0 Å². The van der Waals surface area contributed by atoms with Gasteiger partial charge in [0, 0.05) is 26.9 Å². The van der Waals surface area contributed by atoms with Crippen LogP contribution in [0.4, 0.5) is 0 Å². The Morgan fingerprint density at radius 1 is 0.917 bits per heavy atom. The van der Waals surface area contributed by atoms with Crippen molar-refractivity contribution in [2.45, 2.75) is 5.92 Å². The molecule has 3 heterocycles. The van der Waals surface area contributed by atoms with E-state index in [9.17, 15) is 0 Å². The fraction of sp³-hybridized carbons (Fsp3) is 0.0690. The Balaban J connectivity index is 1.51. The van der Waals surface area contributed by atoms with Gasteiger partial charge >= 0.3 is 0 Å². The molecular weight excluding hydrogens is 516 g/mol. The molecule has 0 radical (unpaired) electrons. The lowest BCUT2D eigenvalue weighted by molar-refractivity contribution is 0.414. The molecule has 6 nitrogen and oxygen atoms in total. The van der Waals surface area contributed by atoms with Gasteiger partial charge in [-0.1, -0.05) is 76.6 Å². The Hall–Kier alpha value is -4.23. The lowest BCUT2D eigenvalue weighted by Gasteiger charge is -2.28. The van der Waals surface area contributed by atoms with Crippen molar-refractivity contribution in [1.82, 2.24) is 19.6 Å². The molecule has 0 saturated heterocycles. The monoisotopic (exact) mass is 534 g/mol. The zero-order chi connectivity index (χ0) is 24.2. The molecule has 4 aromatic carbocycles. The Labute approximate surface area is 215 Å². The number of aromatic nitrogens is 4. The van der Waals surface area contributed by atoms with Crippen LogP contribution >= 0.6 is 15.9 Å². The molecule has 0 spiro atoms. The summed E-state index contributed by atoms with van der Waals surface area (Å²) in [6.45, 7) is 0. The van der Waals surface area contributed by atoms with Crippen LogP contribution in [-0.4, -0.2) is 26.7 Å². The number of fused-ring (bicyclic) bond motifs is 6. The first-order valence-electron chi connectivity index (χ1n) is 11.5. The number of methoxy groups -OCH3 is 1. The van der Waals surface area contributed by atoms with Gasteiger partial charge in [0.15, 0.2) is 11.5 Å². The van der Waals surface area contributed by atoms with Crippen molar-refractivity contribution in [3.8, 4) is 28.8 Å². The van der Waals surface area contributed by atoms with Crippen molar-refractivity contribution in [3.05, 3.63) is 112 Å². The van der Waals surface area contributed by atoms with Crippen molar-refractivity contribution in [2.75, 3.05) is 7.11 Å². The molecule has 0 saturated carbocycles. The van der Waals surface area contributed by atoms with E-state index in [0.717, 1.165) is 49.0 Å². The van der Waals surface area contributed by atoms with Gasteiger partial charge in [-0.15, -0.1) is 5.10 Å². The SMILES string of the molecule is COc1ccc(C2c3ccc4ccccc4c3Oc3ncn4nc(-c5ccccc5Br)nc4c32)cc1. The van der Waals surface area contributed by atoms with Gasteiger partial charge in [-0.3, -0.25) is 0 Å². The van der Waals surface area contributed by atoms with Crippen molar-refractivity contribution >= 4 is 32.3 Å². The number of benzene rings is 4. The average molecular weight is 535 g/mol. The van der Waals surface area contributed by atoms with Crippen molar-refractivity contribution < 1.29 is 9.47 Å². The quantitative estimate of drug-likeness (QED) is 0.244. The molecule has 0 bridgehead atoms. The second-order valence-electron chi connectivity index (χ2n) is 8.66. The maximum absolute atomic E-state index is 6.51. The van der Waals surface area contributed by atoms with Crippen molar-refractivity contribution in [3.63, 3.8) is 0 Å². The molecule has 1 aliphatic rings. The van der Waals surface area contributed by atoms with Crippen LogP contribution in [0, 0.1) is 0 Å². The van der Waals surface area contributed by atoms with Crippen LogP contribution in [0.1, 0.15) is 22.6 Å². The lowest BCUT2D eigenvalue weighted by Crippen LogP contribution is -2.15. The van der Waals surface area contributed by atoms with E-state index in [0.29, 0.717) is 17.4 Å². The van der Waals surface area contributed by atoms with Crippen molar-refractivity contribution in [1.29, 1.82) is 0 Å². The molecule has 1 aliphatic heterocycles. The topological polar surface area (TPSA) is 61.5 Å². The van der Waals surface area contributed by atoms with E-state index in [2.05, 4.69) is 52.3 Å². The summed E-state index contributed by atoms with van der Waals surface area (Å²) < 4.78 is 14.6. The van der Waals surface area contributed by atoms with Gasteiger partial charge in [0.25, 0.3) is 0 Å². The van der Waals surface area contributed by atoms with Gasteiger partial charge in [0.2, 0.25) is 5.88 Å². The zero-order valence-electron chi connectivity index (χ0n) is 19.2. The smallest absolute Gasteiger partial charge is 0.228 e. The van der Waals surface area contributed by atoms with Crippen LogP contribution in [0.15, 0.2) is 95.7 Å². The van der Waals surface area contributed by atoms with Gasteiger partial charge in [0.1, 0.15) is 17.8 Å². The Morgan fingerprint density at radius 3 is 2.56 bits per heavy atom. The fourth-order valence-electron chi connectivity index (χ4n) is 4.95. The summed E-state index contributed by atoms with van der Waals surface area (Å²) in [5.74, 6) is 2.64. The average Bonchev–Trinajstić information content (AvgIpc) is 3.36. The highest BCUT2D eigenvalue weighted by atomic mass is 79.9. The van der Waals surface area contributed by atoms with Crippen LogP contribution in [0.3, 0.4) is 0 Å². The summed E-state index contributed by atoms with van der Waals surface area (Å²) in [5, 5.41) is 6.92. The molecule has 6 aromatic rings. The van der Waals surface area contributed by atoms with E-state index in [-0.39, 0.29) is 5.92 Å². The summed E-state index contributed by atoms with van der Waals surface area (Å²) in [5.41, 5.74) is 4.67. The third-order valence-electron chi connectivity index (χ3n) is 6.66. The number of hydrogen-bond acceptors (Lipinski definition) is 5. The molecule has 1 unspecified atom stereocenters. The first-order valence-corrected chi connectivity index (χ1v) is 12.3. The summed E-state index contributed by atoms with van der Waals surface area (Å²) in [6.07, 6.45) is 1.67. The predicted octanol–water partition coefficient (Wildman–Crippen LogP) is 7.00. The maximum Gasteiger partial charge on any atom is 0.228 e. The van der Waals surface area contributed by atoms with Gasteiger partial charge in [-0.25, -0.2) is 14.5 Å². The van der Waals surface area contributed by atoms with Gasteiger partial charge in [0.05, 0.1) is 12.7 Å². The number of ether oxygens (including phenoxy) is 2.